The molecule has 6 nitrogen and oxygen atoms in total. The molecule has 1 amide bonds. The first kappa shape index (κ1) is 22.2. The van der Waals surface area contributed by atoms with Crippen molar-refractivity contribution in [2.45, 2.75) is 39.2 Å². The van der Waals surface area contributed by atoms with Crippen LogP contribution in [0.5, 0.6) is 0 Å². The first-order chi connectivity index (χ1) is 15.7. The SMILES string of the molecule is CCC(CNC(=O)C1CCCN(Cc2nc(-c3ccccc3)no2)C1)Cc1ccccc1. The molecule has 1 saturated heterocycles. The Hall–Kier alpha value is -2.99. The number of hydrogen-bond acceptors (Lipinski definition) is 5. The predicted molar refractivity (Wildman–Crippen MR) is 125 cm³/mol. The van der Waals surface area contributed by atoms with Crippen molar-refractivity contribution in [1.82, 2.24) is 20.4 Å². The second-order valence-corrected chi connectivity index (χ2v) is 8.66. The lowest BCUT2D eigenvalue weighted by molar-refractivity contribution is -0.127. The van der Waals surface area contributed by atoms with E-state index in [1.807, 2.05) is 36.4 Å². The molecule has 0 bridgehead atoms. The van der Waals surface area contributed by atoms with E-state index in [1.54, 1.807) is 0 Å². The summed E-state index contributed by atoms with van der Waals surface area (Å²) >= 11 is 0. The minimum absolute atomic E-state index is 0.00879. The van der Waals surface area contributed by atoms with Gasteiger partial charge >= 0.3 is 0 Å². The molecule has 1 aliphatic rings. The standard InChI is InChI=1S/C26H32N4O2/c1-2-20(16-21-10-5-3-6-11-21)17-27-26(31)23-14-9-15-30(18-23)19-24-28-25(29-32-24)22-12-7-4-8-13-22/h3-8,10-13,20,23H,2,9,14-19H2,1H3,(H,27,31). The number of carbonyl (C=O) groups excluding carboxylic acids is 1. The average molecular weight is 433 g/mol. The summed E-state index contributed by atoms with van der Waals surface area (Å²) in [5.41, 5.74) is 2.27. The molecule has 0 aliphatic carbocycles. The van der Waals surface area contributed by atoms with Gasteiger partial charge in [0.05, 0.1) is 12.5 Å². The summed E-state index contributed by atoms with van der Waals surface area (Å²) in [6.45, 7) is 5.17. The van der Waals surface area contributed by atoms with Crippen LogP contribution in [0.2, 0.25) is 0 Å². The Balaban J connectivity index is 1.27. The van der Waals surface area contributed by atoms with Gasteiger partial charge in [-0.05, 0) is 37.3 Å². The summed E-state index contributed by atoms with van der Waals surface area (Å²) in [5, 5.41) is 7.32. The maximum absolute atomic E-state index is 12.9. The Morgan fingerprint density at radius 3 is 2.66 bits per heavy atom. The molecule has 2 atom stereocenters. The molecule has 1 N–H and O–H groups in total. The summed E-state index contributed by atoms with van der Waals surface area (Å²) in [6.07, 6.45) is 3.97. The predicted octanol–water partition coefficient (Wildman–Crippen LogP) is 4.33. The van der Waals surface area contributed by atoms with Crippen molar-refractivity contribution in [3.8, 4) is 11.4 Å². The molecule has 2 heterocycles. The number of benzene rings is 2. The molecule has 1 aromatic heterocycles. The van der Waals surface area contributed by atoms with Gasteiger partial charge in [-0.3, -0.25) is 9.69 Å². The third kappa shape index (κ3) is 6.04. The van der Waals surface area contributed by atoms with Crippen LogP contribution in [0.15, 0.2) is 65.2 Å². The molecule has 32 heavy (non-hydrogen) atoms. The number of likely N-dealkylation sites (tertiary alicyclic amines) is 1. The van der Waals surface area contributed by atoms with E-state index in [2.05, 4.69) is 51.5 Å². The lowest BCUT2D eigenvalue weighted by Gasteiger charge is -2.31. The molecule has 1 fully saturated rings. The van der Waals surface area contributed by atoms with E-state index in [0.717, 1.165) is 50.9 Å². The highest BCUT2D eigenvalue weighted by Crippen LogP contribution is 2.21. The topological polar surface area (TPSA) is 71.3 Å². The van der Waals surface area contributed by atoms with Crippen molar-refractivity contribution in [2.75, 3.05) is 19.6 Å². The van der Waals surface area contributed by atoms with Crippen molar-refractivity contribution in [2.24, 2.45) is 11.8 Å². The minimum Gasteiger partial charge on any atom is -0.356 e. The molecule has 2 aromatic carbocycles. The van der Waals surface area contributed by atoms with Gasteiger partial charge in [-0.25, -0.2) is 0 Å². The average Bonchev–Trinajstić information content (AvgIpc) is 3.31. The summed E-state index contributed by atoms with van der Waals surface area (Å²) in [5.74, 6) is 1.83. The van der Waals surface area contributed by atoms with Crippen molar-refractivity contribution >= 4 is 5.91 Å². The minimum atomic E-state index is 0.00879. The zero-order chi connectivity index (χ0) is 22.2. The van der Waals surface area contributed by atoms with E-state index in [-0.39, 0.29) is 11.8 Å². The molecular weight excluding hydrogens is 400 g/mol. The van der Waals surface area contributed by atoms with E-state index < -0.39 is 0 Å². The zero-order valence-electron chi connectivity index (χ0n) is 18.7. The van der Waals surface area contributed by atoms with Crippen LogP contribution < -0.4 is 5.32 Å². The highest BCUT2D eigenvalue weighted by atomic mass is 16.5. The molecule has 2 unspecified atom stereocenters. The molecule has 0 saturated carbocycles. The van der Waals surface area contributed by atoms with Crippen LogP contribution >= 0.6 is 0 Å². The van der Waals surface area contributed by atoms with Crippen LogP contribution in [0.3, 0.4) is 0 Å². The van der Waals surface area contributed by atoms with Crippen LogP contribution in [0.1, 0.15) is 37.6 Å². The Labute approximate surface area is 190 Å². The highest BCUT2D eigenvalue weighted by Gasteiger charge is 2.27. The Morgan fingerprint density at radius 2 is 1.91 bits per heavy atom. The summed E-state index contributed by atoms with van der Waals surface area (Å²) in [6, 6.07) is 20.3. The number of rotatable bonds is 9. The van der Waals surface area contributed by atoms with E-state index in [4.69, 9.17) is 4.52 Å². The molecule has 0 spiro atoms. The van der Waals surface area contributed by atoms with E-state index in [1.165, 1.54) is 5.56 Å². The number of piperidine rings is 1. The fourth-order valence-electron chi connectivity index (χ4n) is 4.33. The third-order valence-corrected chi connectivity index (χ3v) is 6.24. The molecule has 1 aliphatic heterocycles. The van der Waals surface area contributed by atoms with Gasteiger partial charge in [0.1, 0.15) is 0 Å². The van der Waals surface area contributed by atoms with Crippen molar-refractivity contribution < 1.29 is 9.32 Å². The maximum Gasteiger partial charge on any atom is 0.241 e. The van der Waals surface area contributed by atoms with Gasteiger partial charge in [0.2, 0.25) is 17.6 Å². The Morgan fingerprint density at radius 1 is 1.16 bits per heavy atom. The molecule has 3 aromatic rings. The van der Waals surface area contributed by atoms with Crippen LogP contribution in [-0.2, 0) is 17.8 Å². The molecule has 0 radical (unpaired) electrons. The summed E-state index contributed by atoms with van der Waals surface area (Å²) in [4.78, 5) is 19.7. The van der Waals surface area contributed by atoms with Gasteiger partial charge in [0, 0.05) is 18.7 Å². The van der Waals surface area contributed by atoms with Crippen molar-refractivity contribution in [3.05, 3.63) is 72.1 Å². The monoisotopic (exact) mass is 432 g/mol. The van der Waals surface area contributed by atoms with E-state index in [9.17, 15) is 4.79 Å². The van der Waals surface area contributed by atoms with Crippen LogP contribution in [-0.4, -0.2) is 40.6 Å². The number of nitrogens with one attached hydrogen (secondary N) is 1. The quantitative estimate of drug-likeness (QED) is 0.545. The van der Waals surface area contributed by atoms with Gasteiger partial charge in [0.15, 0.2) is 0 Å². The van der Waals surface area contributed by atoms with Gasteiger partial charge in [0.25, 0.3) is 0 Å². The number of aromatic nitrogens is 2. The van der Waals surface area contributed by atoms with Gasteiger partial charge in [-0.15, -0.1) is 0 Å². The van der Waals surface area contributed by atoms with Crippen molar-refractivity contribution in [3.63, 3.8) is 0 Å². The lowest BCUT2D eigenvalue weighted by Crippen LogP contribution is -2.43. The van der Waals surface area contributed by atoms with Crippen molar-refractivity contribution in [1.29, 1.82) is 0 Å². The molecular formula is C26H32N4O2. The van der Waals surface area contributed by atoms with E-state index >= 15 is 0 Å². The highest BCUT2D eigenvalue weighted by molar-refractivity contribution is 5.79. The van der Waals surface area contributed by atoms with Gasteiger partial charge < -0.3 is 9.84 Å². The number of carbonyl (C=O) groups is 1. The second kappa shape index (κ2) is 11.0. The molecule has 6 heteroatoms. The number of hydrogen-bond donors (Lipinski definition) is 1. The Bertz CT molecular complexity index is 974. The number of amides is 1. The van der Waals surface area contributed by atoms with E-state index in [0.29, 0.717) is 24.2 Å². The zero-order valence-corrected chi connectivity index (χ0v) is 18.7. The molecule has 168 valence electrons. The fraction of sp³-hybridized carbons (Fsp3) is 0.423. The van der Waals surface area contributed by atoms with Crippen LogP contribution in [0.25, 0.3) is 11.4 Å². The number of nitrogens with zero attached hydrogens (tertiary/aromatic N) is 3. The second-order valence-electron chi connectivity index (χ2n) is 8.66. The normalized spacial score (nSPS) is 17.7. The summed E-state index contributed by atoms with van der Waals surface area (Å²) < 4.78 is 5.46. The maximum atomic E-state index is 12.9. The largest absolute Gasteiger partial charge is 0.356 e. The first-order valence-corrected chi connectivity index (χ1v) is 11.6. The Kier molecular flexibility index (Phi) is 7.67. The lowest BCUT2D eigenvalue weighted by atomic mass is 9.95. The molecule has 4 rings (SSSR count). The third-order valence-electron chi connectivity index (χ3n) is 6.24. The van der Waals surface area contributed by atoms with Crippen LogP contribution in [0, 0.1) is 11.8 Å². The fourth-order valence-corrected chi connectivity index (χ4v) is 4.33. The summed E-state index contributed by atoms with van der Waals surface area (Å²) in [7, 11) is 0. The van der Waals surface area contributed by atoms with Crippen LogP contribution in [0.4, 0.5) is 0 Å². The smallest absolute Gasteiger partial charge is 0.241 e. The van der Waals surface area contributed by atoms with Gasteiger partial charge in [-0.2, -0.15) is 4.98 Å². The first-order valence-electron chi connectivity index (χ1n) is 11.6. The van der Waals surface area contributed by atoms with Gasteiger partial charge in [-0.1, -0.05) is 79.2 Å².